The highest BCUT2D eigenvalue weighted by Gasteiger charge is 2.22. The Kier molecular flexibility index (Phi) is 4.40. The Morgan fingerprint density at radius 2 is 1.88 bits per heavy atom. The smallest absolute Gasteiger partial charge is 0.253 e. The first-order chi connectivity index (χ1) is 12.7. The molecule has 0 bridgehead atoms. The summed E-state index contributed by atoms with van der Waals surface area (Å²) in [5.74, 6) is 1.77. The van der Waals surface area contributed by atoms with Crippen molar-refractivity contribution in [3.05, 3.63) is 71.6 Å². The zero-order valence-corrected chi connectivity index (χ0v) is 14.6. The zero-order chi connectivity index (χ0) is 17.9. The maximum atomic E-state index is 11.7. The molecule has 1 aromatic carbocycles. The highest BCUT2D eigenvalue weighted by molar-refractivity contribution is 7.98. The Morgan fingerprint density at radius 3 is 2.69 bits per heavy atom. The average molecular weight is 366 g/mol. The summed E-state index contributed by atoms with van der Waals surface area (Å²) in [5.41, 5.74) is 2.25. The summed E-state index contributed by atoms with van der Waals surface area (Å²) in [5, 5.41) is 24.6. The number of rotatable bonds is 5. The largest absolute Gasteiger partial charge is 0.618 e. The number of hydrogen-bond donors (Lipinski definition) is 0. The van der Waals surface area contributed by atoms with Gasteiger partial charge in [-0.25, -0.2) is 0 Å². The van der Waals surface area contributed by atoms with Crippen LogP contribution in [-0.2, 0) is 5.75 Å². The van der Waals surface area contributed by atoms with Crippen LogP contribution < -0.4 is 4.73 Å². The first-order valence-corrected chi connectivity index (χ1v) is 8.86. The van der Waals surface area contributed by atoms with E-state index in [1.54, 1.807) is 19.1 Å². The maximum absolute atomic E-state index is 11.7. The van der Waals surface area contributed by atoms with E-state index in [1.807, 2.05) is 36.4 Å². The predicted molar refractivity (Wildman–Crippen MR) is 94.9 cm³/mol. The van der Waals surface area contributed by atoms with Gasteiger partial charge in [0.05, 0.1) is 5.75 Å². The van der Waals surface area contributed by atoms with Crippen LogP contribution in [0.15, 0.2) is 68.7 Å². The number of pyridine rings is 1. The first kappa shape index (κ1) is 16.3. The van der Waals surface area contributed by atoms with Crippen LogP contribution in [0.1, 0.15) is 11.7 Å². The van der Waals surface area contributed by atoms with Gasteiger partial charge in [0.2, 0.25) is 5.89 Å². The van der Waals surface area contributed by atoms with E-state index in [0.29, 0.717) is 39.6 Å². The second-order valence-corrected chi connectivity index (χ2v) is 6.48. The Bertz CT molecular complexity index is 1030. The lowest BCUT2D eigenvalue weighted by Crippen LogP contribution is -2.27. The summed E-state index contributed by atoms with van der Waals surface area (Å²) in [6.07, 6.45) is 1.45. The zero-order valence-electron chi connectivity index (χ0n) is 13.8. The molecule has 0 aliphatic rings. The van der Waals surface area contributed by atoms with Gasteiger partial charge in [0.15, 0.2) is 6.20 Å². The standard InChI is InChI=1S/C18H14N4O3S/c1-12-16(17(21-25-12)13-7-3-2-4-8-13)18-20-19-14(24-18)11-26-15-9-5-6-10-22(15)23/h2-10H,11H2,1H3. The highest BCUT2D eigenvalue weighted by atomic mass is 32.2. The van der Waals surface area contributed by atoms with E-state index < -0.39 is 0 Å². The molecule has 0 spiro atoms. The Balaban J connectivity index is 1.59. The van der Waals surface area contributed by atoms with Crippen LogP contribution in [0.25, 0.3) is 22.7 Å². The third-order valence-corrected chi connectivity index (χ3v) is 4.73. The van der Waals surface area contributed by atoms with E-state index >= 15 is 0 Å². The van der Waals surface area contributed by atoms with E-state index in [-0.39, 0.29) is 0 Å². The highest BCUT2D eigenvalue weighted by Crippen LogP contribution is 2.33. The molecular formula is C18H14N4O3S. The van der Waals surface area contributed by atoms with Gasteiger partial charge in [-0.3, -0.25) is 0 Å². The molecule has 7 nitrogen and oxygen atoms in total. The SMILES string of the molecule is Cc1onc(-c2ccccc2)c1-c1nnc(CSc2cccc[n+]2[O-])o1. The molecule has 4 rings (SSSR count). The van der Waals surface area contributed by atoms with Crippen LogP contribution in [0.5, 0.6) is 0 Å². The molecule has 3 heterocycles. The molecule has 0 unspecified atom stereocenters. The molecule has 0 saturated heterocycles. The van der Waals surface area contributed by atoms with Crippen LogP contribution >= 0.6 is 11.8 Å². The first-order valence-electron chi connectivity index (χ1n) is 7.88. The average Bonchev–Trinajstić information content (AvgIpc) is 3.28. The van der Waals surface area contributed by atoms with Crippen molar-refractivity contribution in [3.63, 3.8) is 0 Å². The van der Waals surface area contributed by atoms with E-state index in [0.717, 1.165) is 10.3 Å². The van der Waals surface area contributed by atoms with Crippen LogP contribution in [0, 0.1) is 12.1 Å². The lowest BCUT2D eigenvalue weighted by atomic mass is 10.1. The minimum atomic E-state index is 0.348. The second-order valence-electron chi connectivity index (χ2n) is 5.48. The summed E-state index contributed by atoms with van der Waals surface area (Å²) >= 11 is 1.33. The number of benzene rings is 1. The monoisotopic (exact) mass is 366 g/mol. The van der Waals surface area contributed by atoms with Crippen molar-refractivity contribution in [3.8, 4) is 22.7 Å². The normalized spacial score (nSPS) is 11.0. The van der Waals surface area contributed by atoms with Crippen molar-refractivity contribution in [1.29, 1.82) is 0 Å². The Hall–Kier alpha value is -3.13. The fraction of sp³-hybridized carbons (Fsp3) is 0.111. The van der Waals surface area contributed by atoms with Crippen molar-refractivity contribution >= 4 is 11.8 Å². The topological polar surface area (TPSA) is 91.9 Å². The molecule has 26 heavy (non-hydrogen) atoms. The van der Waals surface area contributed by atoms with Crippen molar-refractivity contribution in [2.24, 2.45) is 0 Å². The predicted octanol–water partition coefficient (Wildman–Crippen LogP) is 3.63. The van der Waals surface area contributed by atoms with Crippen LogP contribution in [0.3, 0.4) is 0 Å². The van der Waals surface area contributed by atoms with Crippen LogP contribution in [-0.4, -0.2) is 15.4 Å². The van der Waals surface area contributed by atoms with Crippen LogP contribution in [0.4, 0.5) is 0 Å². The molecule has 0 N–H and O–H groups in total. The van der Waals surface area contributed by atoms with Gasteiger partial charge in [0.1, 0.15) is 17.0 Å². The van der Waals surface area contributed by atoms with E-state index in [4.69, 9.17) is 8.94 Å². The lowest BCUT2D eigenvalue weighted by molar-refractivity contribution is -0.645. The molecule has 0 fully saturated rings. The molecule has 0 amide bonds. The van der Waals surface area contributed by atoms with Gasteiger partial charge in [-0.2, -0.15) is 4.73 Å². The van der Waals surface area contributed by atoms with Crippen molar-refractivity contribution < 1.29 is 13.7 Å². The van der Waals surface area contributed by atoms with E-state index in [2.05, 4.69) is 15.4 Å². The minimum Gasteiger partial charge on any atom is -0.618 e. The van der Waals surface area contributed by atoms with Gasteiger partial charge < -0.3 is 14.1 Å². The summed E-state index contributed by atoms with van der Waals surface area (Å²) in [6, 6.07) is 14.9. The molecular weight excluding hydrogens is 352 g/mol. The van der Waals surface area contributed by atoms with Gasteiger partial charge in [-0.05, 0) is 24.8 Å². The van der Waals surface area contributed by atoms with Gasteiger partial charge >= 0.3 is 0 Å². The lowest BCUT2D eigenvalue weighted by Gasteiger charge is -2.00. The van der Waals surface area contributed by atoms with Gasteiger partial charge in [0.25, 0.3) is 10.9 Å². The number of nitrogens with zero attached hydrogens (tertiary/aromatic N) is 4. The number of thioether (sulfide) groups is 1. The molecule has 0 aliphatic carbocycles. The third-order valence-electron chi connectivity index (χ3n) is 3.72. The molecule has 3 aromatic heterocycles. The summed E-state index contributed by atoms with van der Waals surface area (Å²) < 4.78 is 11.9. The van der Waals surface area contributed by atoms with Crippen molar-refractivity contribution in [2.75, 3.05) is 0 Å². The molecule has 130 valence electrons. The van der Waals surface area contributed by atoms with Gasteiger partial charge in [-0.1, -0.05) is 35.5 Å². The van der Waals surface area contributed by atoms with Crippen molar-refractivity contribution in [2.45, 2.75) is 17.7 Å². The van der Waals surface area contributed by atoms with Gasteiger partial charge in [-0.15, -0.1) is 10.2 Å². The molecule has 8 heteroatoms. The molecule has 4 aromatic rings. The maximum Gasteiger partial charge on any atom is 0.253 e. The summed E-state index contributed by atoms with van der Waals surface area (Å²) in [4.78, 5) is 0. The number of aryl methyl sites for hydroxylation is 1. The summed E-state index contributed by atoms with van der Waals surface area (Å²) in [6.45, 7) is 1.80. The van der Waals surface area contributed by atoms with E-state index in [9.17, 15) is 5.21 Å². The minimum absolute atomic E-state index is 0.348. The van der Waals surface area contributed by atoms with E-state index in [1.165, 1.54) is 18.0 Å². The van der Waals surface area contributed by atoms with Crippen molar-refractivity contribution in [1.82, 2.24) is 15.4 Å². The Labute approximate surface area is 153 Å². The second kappa shape index (κ2) is 7.01. The molecule has 0 saturated carbocycles. The Morgan fingerprint density at radius 1 is 1.08 bits per heavy atom. The van der Waals surface area contributed by atoms with Crippen LogP contribution in [0.2, 0.25) is 0 Å². The number of aromatic nitrogens is 4. The molecule has 0 atom stereocenters. The third kappa shape index (κ3) is 3.18. The summed E-state index contributed by atoms with van der Waals surface area (Å²) in [7, 11) is 0. The quantitative estimate of drug-likeness (QED) is 0.302. The molecule has 0 radical (unpaired) electrons. The van der Waals surface area contributed by atoms with Gasteiger partial charge in [0, 0.05) is 17.7 Å². The fourth-order valence-electron chi connectivity index (χ4n) is 2.49. The fourth-order valence-corrected chi connectivity index (χ4v) is 3.24. The number of hydrogen-bond acceptors (Lipinski definition) is 7. The molecule has 0 aliphatic heterocycles.